The molecule has 0 radical (unpaired) electrons. The van der Waals surface area contributed by atoms with Gasteiger partial charge in [0.25, 0.3) is 0 Å². The highest BCUT2D eigenvalue weighted by Gasteiger charge is 2.29. The zero-order valence-corrected chi connectivity index (χ0v) is 12.8. The van der Waals surface area contributed by atoms with E-state index in [1.807, 2.05) is 13.0 Å². The van der Waals surface area contributed by atoms with Crippen molar-refractivity contribution in [2.24, 2.45) is 11.1 Å². The molecule has 2 nitrogen and oxygen atoms in total. The Kier molecular flexibility index (Phi) is 4.49. The van der Waals surface area contributed by atoms with Crippen molar-refractivity contribution in [1.82, 2.24) is 0 Å². The molecule has 2 rings (SSSR count). The number of nitrogen functional groups attached to an aromatic ring is 1. The molecule has 1 unspecified atom stereocenters. The molecule has 19 heavy (non-hydrogen) atoms. The summed E-state index contributed by atoms with van der Waals surface area (Å²) in [5.41, 5.74) is 17.7. The molecule has 1 atom stereocenters. The minimum absolute atomic E-state index is 0. The molecule has 4 N–H and O–H groups in total. The van der Waals surface area contributed by atoms with Crippen molar-refractivity contribution in [1.29, 1.82) is 0 Å². The van der Waals surface area contributed by atoms with E-state index in [-0.39, 0.29) is 23.9 Å². The normalized spacial score (nSPS) is 21.2. The summed E-state index contributed by atoms with van der Waals surface area (Å²) in [5, 5.41) is 0. The van der Waals surface area contributed by atoms with Gasteiger partial charge in [0, 0.05) is 17.1 Å². The highest BCUT2D eigenvalue weighted by molar-refractivity contribution is 5.85. The van der Waals surface area contributed by atoms with Crippen LogP contribution in [0.4, 0.5) is 5.69 Å². The summed E-state index contributed by atoms with van der Waals surface area (Å²) in [6.07, 6.45) is 4.44. The van der Waals surface area contributed by atoms with Gasteiger partial charge < -0.3 is 11.5 Å². The molecule has 0 fully saturated rings. The number of nitrogens with two attached hydrogens (primary N) is 2. The van der Waals surface area contributed by atoms with Crippen molar-refractivity contribution in [3.63, 3.8) is 0 Å². The highest BCUT2D eigenvalue weighted by atomic mass is 35.5. The van der Waals surface area contributed by atoms with E-state index in [4.69, 9.17) is 11.5 Å². The third-order valence-electron chi connectivity index (χ3n) is 3.81. The minimum Gasteiger partial charge on any atom is -0.399 e. The average molecular weight is 279 g/mol. The molecule has 0 saturated carbocycles. The van der Waals surface area contributed by atoms with Crippen LogP contribution in [0.3, 0.4) is 0 Å². The zero-order valence-electron chi connectivity index (χ0n) is 12.0. The Morgan fingerprint density at radius 3 is 2.32 bits per heavy atom. The summed E-state index contributed by atoms with van der Waals surface area (Å²) in [7, 11) is 0. The second-order valence-electron chi connectivity index (χ2n) is 5.86. The first-order valence-corrected chi connectivity index (χ1v) is 6.34. The minimum atomic E-state index is -0.0105. The molecule has 0 saturated heterocycles. The van der Waals surface area contributed by atoms with E-state index in [2.05, 4.69) is 45.1 Å². The van der Waals surface area contributed by atoms with Crippen molar-refractivity contribution < 1.29 is 0 Å². The molecule has 0 aliphatic heterocycles. The van der Waals surface area contributed by atoms with Gasteiger partial charge in [0.1, 0.15) is 0 Å². The SMILES string of the molecule is CC1=CC(c2ccc(N)c(C)c2)=CC(C)(C)C1N.Cl. The quantitative estimate of drug-likeness (QED) is 0.770. The van der Waals surface area contributed by atoms with E-state index in [0.717, 1.165) is 11.3 Å². The topological polar surface area (TPSA) is 52.0 Å². The number of hydrogen-bond acceptors (Lipinski definition) is 2. The highest BCUT2D eigenvalue weighted by Crippen LogP contribution is 2.36. The second kappa shape index (κ2) is 5.40. The fourth-order valence-electron chi connectivity index (χ4n) is 2.48. The van der Waals surface area contributed by atoms with Gasteiger partial charge in [-0.2, -0.15) is 0 Å². The van der Waals surface area contributed by atoms with Crippen LogP contribution < -0.4 is 11.5 Å². The lowest BCUT2D eigenvalue weighted by molar-refractivity contribution is 0.407. The second-order valence-corrected chi connectivity index (χ2v) is 5.86. The Hall–Kier alpha value is -1.25. The predicted molar refractivity (Wildman–Crippen MR) is 86.3 cm³/mol. The van der Waals surface area contributed by atoms with Gasteiger partial charge in [-0.1, -0.05) is 37.6 Å². The van der Waals surface area contributed by atoms with Crippen LogP contribution in [-0.4, -0.2) is 6.04 Å². The lowest BCUT2D eigenvalue weighted by atomic mass is 9.75. The fraction of sp³-hybridized carbons (Fsp3) is 0.375. The number of benzene rings is 1. The molecule has 1 aliphatic carbocycles. The van der Waals surface area contributed by atoms with Crippen molar-refractivity contribution in [2.75, 3.05) is 5.73 Å². The summed E-state index contributed by atoms with van der Waals surface area (Å²) in [6, 6.07) is 6.27. The first-order valence-electron chi connectivity index (χ1n) is 6.34. The lowest BCUT2D eigenvalue weighted by Crippen LogP contribution is -2.38. The molecule has 0 amide bonds. The predicted octanol–water partition coefficient (Wildman–Crippen LogP) is 3.70. The van der Waals surface area contributed by atoms with E-state index < -0.39 is 0 Å². The molecule has 0 spiro atoms. The maximum Gasteiger partial charge on any atom is 0.0344 e. The maximum absolute atomic E-state index is 6.22. The Morgan fingerprint density at radius 2 is 1.79 bits per heavy atom. The number of aryl methyl sites for hydroxylation is 1. The third kappa shape index (κ3) is 3.02. The van der Waals surface area contributed by atoms with Gasteiger partial charge >= 0.3 is 0 Å². The Morgan fingerprint density at radius 1 is 1.16 bits per heavy atom. The van der Waals surface area contributed by atoms with E-state index in [1.54, 1.807) is 0 Å². The van der Waals surface area contributed by atoms with Gasteiger partial charge in [0.05, 0.1) is 0 Å². The smallest absolute Gasteiger partial charge is 0.0344 e. The van der Waals surface area contributed by atoms with Crippen molar-refractivity contribution in [3.05, 3.63) is 47.1 Å². The van der Waals surface area contributed by atoms with Crippen LogP contribution in [0.5, 0.6) is 0 Å². The first-order chi connectivity index (χ1) is 8.31. The zero-order chi connectivity index (χ0) is 13.5. The molecule has 1 aromatic carbocycles. The molecule has 0 bridgehead atoms. The number of hydrogen-bond donors (Lipinski definition) is 2. The van der Waals surface area contributed by atoms with E-state index in [1.165, 1.54) is 16.7 Å². The fourth-order valence-corrected chi connectivity index (χ4v) is 2.48. The maximum atomic E-state index is 6.22. The van der Waals surface area contributed by atoms with Crippen LogP contribution in [0, 0.1) is 12.3 Å². The van der Waals surface area contributed by atoms with Crippen LogP contribution in [0.25, 0.3) is 5.57 Å². The molecule has 0 aromatic heterocycles. The molecular weight excluding hydrogens is 256 g/mol. The van der Waals surface area contributed by atoms with Crippen LogP contribution in [-0.2, 0) is 0 Å². The van der Waals surface area contributed by atoms with Crippen molar-refractivity contribution >= 4 is 23.7 Å². The molecule has 3 heteroatoms. The van der Waals surface area contributed by atoms with Gasteiger partial charge in [0.2, 0.25) is 0 Å². The summed E-state index contributed by atoms with van der Waals surface area (Å²) >= 11 is 0. The van der Waals surface area contributed by atoms with Crippen LogP contribution in [0.2, 0.25) is 0 Å². The van der Waals surface area contributed by atoms with Crippen LogP contribution >= 0.6 is 12.4 Å². The van der Waals surface area contributed by atoms with Crippen molar-refractivity contribution in [2.45, 2.75) is 33.7 Å². The molecular formula is C16H23ClN2. The summed E-state index contributed by atoms with van der Waals surface area (Å²) < 4.78 is 0. The van der Waals surface area contributed by atoms with Gasteiger partial charge in [-0.05, 0) is 42.7 Å². The van der Waals surface area contributed by atoms with Gasteiger partial charge in [-0.25, -0.2) is 0 Å². The molecule has 104 valence electrons. The van der Waals surface area contributed by atoms with Crippen LogP contribution in [0.15, 0.2) is 35.9 Å². The van der Waals surface area contributed by atoms with Gasteiger partial charge in [-0.3, -0.25) is 0 Å². The van der Waals surface area contributed by atoms with Gasteiger partial charge in [0.15, 0.2) is 0 Å². The Balaban J connectivity index is 0.00000180. The largest absolute Gasteiger partial charge is 0.399 e. The number of rotatable bonds is 1. The van der Waals surface area contributed by atoms with Crippen molar-refractivity contribution in [3.8, 4) is 0 Å². The third-order valence-corrected chi connectivity index (χ3v) is 3.81. The van der Waals surface area contributed by atoms with E-state index in [9.17, 15) is 0 Å². The summed E-state index contributed by atoms with van der Waals surface area (Å²) in [6.45, 7) is 8.50. The first kappa shape index (κ1) is 15.8. The lowest BCUT2D eigenvalue weighted by Gasteiger charge is -2.34. The standard InChI is InChI=1S/C16H22N2.ClH/c1-10-7-12(5-6-14(10)17)13-8-11(2)15(18)16(3,4)9-13;/h5-9,15H,17-18H2,1-4H3;1H. The molecule has 1 aliphatic rings. The van der Waals surface area contributed by atoms with Crippen LogP contribution in [0.1, 0.15) is 31.9 Å². The van der Waals surface area contributed by atoms with Gasteiger partial charge in [-0.15, -0.1) is 12.4 Å². The number of allylic oxidation sites excluding steroid dienone is 2. The Labute approximate surface area is 122 Å². The summed E-state index contributed by atoms with van der Waals surface area (Å²) in [5.74, 6) is 0. The van der Waals surface area contributed by atoms with E-state index in [0.29, 0.717) is 0 Å². The van der Waals surface area contributed by atoms with E-state index >= 15 is 0 Å². The molecule has 1 aromatic rings. The Bertz CT molecular complexity index is 542. The molecule has 0 heterocycles. The number of halogens is 1. The average Bonchev–Trinajstić information content (AvgIpc) is 2.29. The number of anilines is 1. The monoisotopic (exact) mass is 278 g/mol. The summed E-state index contributed by atoms with van der Waals surface area (Å²) in [4.78, 5) is 0.